The molecule has 0 saturated carbocycles. The molecule has 19 heavy (non-hydrogen) atoms. The molecular formula is C14H22F2N2O. The van der Waals surface area contributed by atoms with Crippen LogP contribution in [-0.4, -0.2) is 43.3 Å². The lowest BCUT2D eigenvalue weighted by molar-refractivity contribution is 0.139. The first-order chi connectivity index (χ1) is 8.95. The zero-order valence-electron chi connectivity index (χ0n) is 11.7. The van der Waals surface area contributed by atoms with Gasteiger partial charge in [-0.3, -0.25) is 0 Å². The summed E-state index contributed by atoms with van der Waals surface area (Å²) in [5, 5.41) is 12.3. The second-order valence-corrected chi connectivity index (χ2v) is 4.88. The summed E-state index contributed by atoms with van der Waals surface area (Å²) in [6.45, 7) is 2.97. The van der Waals surface area contributed by atoms with Crippen molar-refractivity contribution in [2.24, 2.45) is 0 Å². The van der Waals surface area contributed by atoms with Crippen LogP contribution < -0.4 is 5.32 Å². The van der Waals surface area contributed by atoms with E-state index in [0.29, 0.717) is 25.1 Å². The monoisotopic (exact) mass is 272 g/mol. The van der Waals surface area contributed by atoms with Crippen LogP contribution in [0.25, 0.3) is 0 Å². The number of benzene rings is 1. The standard InChI is InChI=1S/C14H22F2N2O/c1-10(19)9-18(3)8-7-13(17-2)11-5-4-6-12(15)14(11)16/h4-6,10,13,17,19H,7-9H2,1-3H3. The third kappa shape index (κ3) is 4.86. The van der Waals surface area contributed by atoms with Crippen LogP contribution in [-0.2, 0) is 0 Å². The van der Waals surface area contributed by atoms with Crippen LogP contribution in [0.3, 0.4) is 0 Å². The van der Waals surface area contributed by atoms with Gasteiger partial charge >= 0.3 is 0 Å². The fourth-order valence-corrected chi connectivity index (χ4v) is 2.14. The van der Waals surface area contributed by atoms with Gasteiger partial charge in [0.1, 0.15) is 0 Å². The van der Waals surface area contributed by atoms with Gasteiger partial charge < -0.3 is 15.3 Å². The highest BCUT2D eigenvalue weighted by molar-refractivity contribution is 5.22. The number of halogens is 2. The van der Waals surface area contributed by atoms with Crippen molar-refractivity contribution in [1.82, 2.24) is 10.2 Å². The molecule has 0 radical (unpaired) electrons. The van der Waals surface area contributed by atoms with Crippen molar-refractivity contribution < 1.29 is 13.9 Å². The summed E-state index contributed by atoms with van der Waals surface area (Å²) < 4.78 is 26.9. The lowest BCUT2D eigenvalue weighted by atomic mass is 10.0. The van der Waals surface area contributed by atoms with Crippen LogP contribution in [0, 0.1) is 11.6 Å². The van der Waals surface area contributed by atoms with E-state index in [-0.39, 0.29) is 6.04 Å². The number of hydrogen-bond acceptors (Lipinski definition) is 3. The smallest absolute Gasteiger partial charge is 0.163 e. The van der Waals surface area contributed by atoms with Crippen molar-refractivity contribution in [3.8, 4) is 0 Å². The molecule has 0 aliphatic rings. The highest BCUT2D eigenvalue weighted by atomic mass is 19.2. The molecule has 1 aromatic rings. The number of aliphatic hydroxyl groups is 1. The minimum atomic E-state index is -0.824. The molecule has 0 amide bonds. The van der Waals surface area contributed by atoms with E-state index in [1.54, 1.807) is 20.0 Å². The largest absolute Gasteiger partial charge is 0.392 e. The zero-order valence-corrected chi connectivity index (χ0v) is 11.7. The Kier molecular flexibility index (Phi) is 6.34. The van der Waals surface area contributed by atoms with E-state index in [1.165, 1.54) is 6.07 Å². The van der Waals surface area contributed by atoms with E-state index in [4.69, 9.17) is 0 Å². The van der Waals surface area contributed by atoms with E-state index in [9.17, 15) is 13.9 Å². The Morgan fingerprint density at radius 2 is 2.05 bits per heavy atom. The average Bonchev–Trinajstić information content (AvgIpc) is 2.34. The van der Waals surface area contributed by atoms with Gasteiger partial charge in [0.25, 0.3) is 0 Å². The van der Waals surface area contributed by atoms with Gasteiger partial charge in [-0.2, -0.15) is 0 Å². The molecule has 3 nitrogen and oxygen atoms in total. The molecule has 2 atom stereocenters. The summed E-state index contributed by atoms with van der Waals surface area (Å²) >= 11 is 0. The first-order valence-electron chi connectivity index (χ1n) is 6.43. The first-order valence-corrected chi connectivity index (χ1v) is 6.43. The molecule has 0 heterocycles. The number of likely N-dealkylation sites (N-methyl/N-ethyl adjacent to an activating group) is 1. The summed E-state index contributed by atoms with van der Waals surface area (Å²) in [6.07, 6.45) is 0.240. The third-order valence-electron chi connectivity index (χ3n) is 3.08. The Balaban J connectivity index is 2.66. The lowest BCUT2D eigenvalue weighted by Gasteiger charge is -2.23. The molecule has 2 N–H and O–H groups in total. The Hall–Kier alpha value is -1.04. The van der Waals surface area contributed by atoms with Gasteiger partial charge in [-0.1, -0.05) is 12.1 Å². The van der Waals surface area contributed by atoms with E-state index < -0.39 is 17.7 Å². The normalized spacial score (nSPS) is 14.7. The van der Waals surface area contributed by atoms with Gasteiger partial charge in [0.15, 0.2) is 11.6 Å². The van der Waals surface area contributed by atoms with Crippen molar-refractivity contribution in [2.45, 2.75) is 25.5 Å². The SMILES string of the molecule is CNC(CCN(C)CC(C)O)c1cccc(F)c1F. The van der Waals surface area contributed by atoms with Gasteiger partial charge in [0.05, 0.1) is 6.10 Å². The molecule has 0 aromatic heterocycles. The van der Waals surface area contributed by atoms with Crippen LogP contribution in [0.4, 0.5) is 8.78 Å². The molecule has 0 aliphatic heterocycles. The molecule has 0 aliphatic carbocycles. The first kappa shape index (κ1) is 16.0. The van der Waals surface area contributed by atoms with Crippen LogP contribution in [0.2, 0.25) is 0 Å². The average molecular weight is 272 g/mol. The summed E-state index contributed by atoms with van der Waals surface area (Å²) in [6, 6.07) is 3.98. The molecule has 1 rings (SSSR count). The second kappa shape index (κ2) is 7.53. The van der Waals surface area contributed by atoms with E-state index in [2.05, 4.69) is 5.32 Å². The predicted octanol–water partition coefficient (Wildman–Crippen LogP) is 1.93. The summed E-state index contributed by atoms with van der Waals surface area (Å²) in [5.41, 5.74) is 0.341. The summed E-state index contributed by atoms with van der Waals surface area (Å²) in [4.78, 5) is 1.96. The third-order valence-corrected chi connectivity index (χ3v) is 3.08. The molecule has 0 spiro atoms. The molecule has 0 fully saturated rings. The molecule has 108 valence electrons. The highest BCUT2D eigenvalue weighted by Crippen LogP contribution is 2.21. The topological polar surface area (TPSA) is 35.5 Å². The molecular weight excluding hydrogens is 250 g/mol. The van der Waals surface area contributed by atoms with Gasteiger partial charge in [0, 0.05) is 18.2 Å². The number of hydrogen-bond donors (Lipinski definition) is 2. The van der Waals surface area contributed by atoms with Crippen LogP contribution in [0.5, 0.6) is 0 Å². The predicted molar refractivity (Wildman–Crippen MR) is 72.0 cm³/mol. The Bertz CT molecular complexity index is 399. The Morgan fingerprint density at radius 1 is 1.37 bits per heavy atom. The molecule has 5 heteroatoms. The van der Waals surface area contributed by atoms with Crippen LogP contribution >= 0.6 is 0 Å². The number of rotatable bonds is 7. The zero-order chi connectivity index (χ0) is 14.4. The van der Waals surface area contributed by atoms with Crippen molar-refractivity contribution in [3.63, 3.8) is 0 Å². The fraction of sp³-hybridized carbons (Fsp3) is 0.571. The molecule has 2 unspecified atom stereocenters. The second-order valence-electron chi connectivity index (χ2n) is 4.88. The summed E-state index contributed by atoms with van der Waals surface area (Å²) in [7, 11) is 3.62. The van der Waals surface area contributed by atoms with E-state index in [0.717, 1.165) is 6.07 Å². The fourth-order valence-electron chi connectivity index (χ4n) is 2.14. The maximum absolute atomic E-state index is 13.7. The lowest BCUT2D eigenvalue weighted by Crippen LogP contribution is -2.31. The molecule has 1 aromatic carbocycles. The maximum atomic E-state index is 13.7. The van der Waals surface area contributed by atoms with Crippen LogP contribution in [0.1, 0.15) is 24.9 Å². The Labute approximate surface area is 113 Å². The van der Waals surface area contributed by atoms with Crippen LogP contribution in [0.15, 0.2) is 18.2 Å². The van der Waals surface area contributed by atoms with Crippen molar-refractivity contribution in [2.75, 3.05) is 27.2 Å². The quantitative estimate of drug-likeness (QED) is 0.796. The number of aliphatic hydroxyl groups excluding tert-OH is 1. The molecule has 0 bridgehead atoms. The van der Waals surface area contributed by atoms with Gasteiger partial charge in [-0.15, -0.1) is 0 Å². The highest BCUT2D eigenvalue weighted by Gasteiger charge is 2.17. The minimum absolute atomic E-state index is 0.243. The maximum Gasteiger partial charge on any atom is 0.163 e. The molecule has 0 saturated heterocycles. The van der Waals surface area contributed by atoms with Crippen molar-refractivity contribution in [1.29, 1.82) is 0 Å². The van der Waals surface area contributed by atoms with Crippen molar-refractivity contribution >= 4 is 0 Å². The van der Waals surface area contributed by atoms with Gasteiger partial charge in [-0.05, 0) is 40.1 Å². The van der Waals surface area contributed by atoms with E-state index >= 15 is 0 Å². The van der Waals surface area contributed by atoms with E-state index in [1.807, 2.05) is 11.9 Å². The summed E-state index contributed by atoms with van der Waals surface area (Å²) in [5.74, 6) is -1.62. The van der Waals surface area contributed by atoms with Gasteiger partial charge in [-0.25, -0.2) is 8.78 Å². The Morgan fingerprint density at radius 3 is 2.63 bits per heavy atom. The number of nitrogens with zero attached hydrogens (tertiary/aromatic N) is 1. The van der Waals surface area contributed by atoms with Gasteiger partial charge in [0.2, 0.25) is 0 Å². The number of nitrogens with one attached hydrogen (secondary N) is 1. The van der Waals surface area contributed by atoms with Crippen molar-refractivity contribution in [3.05, 3.63) is 35.4 Å². The minimum Gasteiger partial charge on any atom is -0.392 e.